The molecule has 0 N–H and O–H groups in total. The van der Waals surface area contributed by atoms with Crippen molar-refractivity contribution in [2.45, 2.75) is 4.90 Å². The van der Waals surface area contributed by atoms with Crippen LogP contribution in [0.25, 0.3) is 0 Å². The number of benzene rings is 2. The first-order valence-corrected chi connectivity index (χ1v) is 6.71. The second-order valence-corrected chi connectivity index (χ2v) is 4.91. The minimum absolute atomic E-state index is 0.0714. The molecule has 7 heteroatoms. The van der Waals surface area contributed by atoms with E-state index < -0.39 is 21.4 Å². The van der Waals surface area contributed by atoms with E-state index in [1.807, 2.05) is 0 Å². The molecule has 102 valence electrons. The Kier molecular flexibility index (Phi) is 3.90. The third kappa shape index (κ3) is 2.72. The van der Waals surface area contributed by atoms with E-state index in [0.29, 0.717) is 5.56 Å². The number of carbonyl (C=O) groups excluding carboxylic acids is 1. The predicted octanol–water partition coefficient (Wildman–Crippen LogP) is 1.80. The van der Waals surface area contributed by atoms with Crippen LogP contribution >= 0.6 is 0 Å². The monoisotopic (exact) mass is 291 g/mol. The molecule has 20 heavy (non-hydrogen) atoms. The summed E-state index contributed by atoms with van der Waals surface area (Å²) in [6.07, 6.45) is 0. The van der Waals surface area contributed by atoms with Gasteiger partial charge in [0.15, 0.2) is 16.5 Å². The number of carbonyl (C=O) groups is 1. The molecular formula is C13H9NO5S. The lowest BCUT2D eigenvalue weighted by molar-refractivity contribution is -0.385. The van der Waals surface area contributed by atoms with Gasteiger partial charge in [-0.3, -0.25) is 14.9 Å². The molecule has 2 aromatic carbocycles. The first-order chi connectivity index (χ1) is 9.50. The lowest BCUT2D eigenvalue weighted by Gasteiger charge is -2.04. The van der Waals surface area contributed by atoms with Crippen molar-refractivity contribution in [2.24, 2.45) is 0 Å². The fourth-order valence-electron chi connectivity index (χ4n) is 1.72. The molecule has 2 rings (SSSR count). The Morgan fingerprint density at radius 2 is 1.70 bits per heavy atom. The third-order valence-corrected chi connectivity index (χ3v) is 3.43. The van der Waals surface area contributed by atoms with Gasteiger partial charge in [0, 0.05) is 23.3 Å². The van der Waals surface area contributed by atoms with Crippen molar-refractivity contribution in [1.29, 1.82) is 0 Å². The van der Waals surface area contributed by atoms with Gasteiger partial charge in [0.1, 0.15) is 0 Å². The van der Waals surface area contributed by atoms with Crippen molar-refractivity contribution in [2.75, 3.05) is 0 Å². The zero-order chi connectivity index (χ0) is 14.7. The van der Waals surface area contributed by atoms with Crippen LogP contribution in [0.4, 0.5) is 5.69 Å². The Morgan fingerprint density at radius 1 is 1.05 bits per heavy atom. The van der Waals surface area contributed by atoms with Gasteiger partial charge in [-0.1, -0.05) is 30.3 Å². The van der Waals surface area contributed by atoms with Crippen LogP contribution in [-0.2, 0) is 10.7 Å². The fourth-order valence-corrected chi connectivity index (χ4v) is 2.33. The van der Waals surface area contributed by atoms with Gasteiger partial charge in [0.2, 0.25) is 0 Å². The van der Waals surface area contributed by atoms with Crippen molar-refractivity contribution in [3.63, 3.8) is 0 Å². The molecule has 0 aliphatic rings. The lowest BCUT2D eigenvalue weighted by Crippen LogP contribution is -2.05. The number of ketones is 1. The molecule has 0 aliphatic carbocycles. The summed E-state index contributed by atoms with van der Waals surface area (Å²) in [5, 5.41) is 10.7. The second-order valence-electron chi connectivity index (χ2n) is 3.91. The largest absolute Gasteiger partial charge is 0.289 e. The summed E-state index contributed by atoms with van der Waals surface area (Å²) in [6, 6.07) is 11.3. The number of nitrogens with zero attached hydrogens (tertiary/aromatic N) is 1. The molecule has 0 fully saturated rings. The van der Waals surface area contributed by atoms with Crippen LogP contribution in [0, 0.1) is 10.1 Å². The number of rotatable bonds is 4. The number of nitro benzene ring substituents is 1. The molecule has 0 aromatic heterocycles. The molecule has 0 saturated carbocycles. The molecular weight excluding hydrogens is 282 g/mol. The van der Waals surface area contributed by atoms with Crippen molar-refractivity contribution >= 4 is 22.2 Å². The summed E-state index contributed by atoms with van der Waals surface area (Å²) < 4.78 is 22.4. The van der Waals surface area contributed by atoms with E-state index >= 15 is 0 Å². The van der Waals surface area contributed by atoms with E-state index in [2.05, 4.69) is 0 Å². The van der Waals surface area contributed by atoms with Gasteiger partial charge >= 0.3 is 0 Å². The number of nitro groups is 1. The molecule has 0 saturated heterocycles. The highest BCUT2D eigenvalue weighted by Gasteiger charge is 2.18. The molecule has 0 aliphatic heterocycles. The highest BCUT2D eigenvalue weighted by atomic mass is 32.2. The van der Waals surface area contributed by atoms with Crippen molar-refractivity contribution < 1.29 is 18.1 Å². The molecule has 0 bridgehead atoms. The summed E-state index contributed by atoms with van der Waals surface area (Å²) in [5.41, 5.74) is -0.124. The molecule has 0 unspecified atom stereocenters. The van der Waals surface area contributed by atoms with Crippen LogP contribution in [0.5, 0.6) is 0 Å². The van der Waals surface area contributed by atoms with Crippen LogP contribution in [-0.4, -0.2) is 19.1 Å². The molecule has 0 atom stereocenters. The van der Waals surface area contributed by atoms with E-state index in [9.17, 15) is 23.3 Å². The molecule has 6 nitrogen and oxygen atoms in total. The number of hydrogen-bond donors (Lipinski definition) is 1. The van der Waals surface area contributed by atoms with Gasteiger partial charge in [-0.25, -0.2) is 8.42 Å². The maximum atomic E-state index is 12.2. The Labute approximate surface area is 115 Å². The Hall–Kier alpha value is -2.54. The highest BCUT2D eigenvalue weighted by Crippen LogP contribution is 2.21. The van der Waals surface area contributed by atoms with Gasteiger partial charge in [-0.05, 0) is 6.07 Å². The number of non-ortho nitro benzene ring substituents is 1. The minimum Gasteiger partial charge on any atom is -0.289 e. The number of thiol groups is 1. The van der Waals surface area contributed by atoms with Crippen LogP contribution < -0.4 is 0 Å². The standard InChI is InChI=1S/C13H9NO5S/c15-13(9-4-2-1-3-5-9)11-7-6-10(14(16)17)8-12(11)20(18)19/h1-8,20H. The van der Waals surface area contributed by atoms with Crippen molar-refractivity contribution in [3.8, 4) is 0 Å². The first kappa shape index (κ1) is 13.9. The smallest absolute Gasteiger partial charge is 0.270 e. The highest BCUT2D eigenvalue weighted by molar-refractivity contribution is 7.72. The van der Waals surface area contributed by atoms with Crippen LogP contribution in [0.1, 0.15) is 15.9 Å². The zero-order valence-electron chi connectivity index (χ0n) is 10.1. The summed E-state index contributed by atoms with van der Waals surface area (Å²) in [7, 11) is -3.11. The van der Waals surface area contributed by atoms with Gasteiger partial charge in [0.05, 0.1) is 9.82 Å². The summed E-state index contributed by atoms with van der Waals surface area (Å²) in [5.74, 6) is -0.491. The van der Waals surface area contributed by atoms with E-state index in [-0.39, 0.29) is 16.1 Å². The van der Waals surface area contributed by atoms with E-state index in [1.165, 1.54) is 0 Å². The first-order valence-electron chi connectivity index (χ1n) is 5.53. The van der Waals surface area contributed by atoms with Crippen LogP contribution in [0.15, 0.2) is 53.4 Å². The average molecular weight is 291 g/mol. The SMILES string of the molecule is O=C(c1ccccc1)c1ccc([N+](=O)[O-])cc1[SH](=O)=O. The molecule has 0 radical (unpaired) electrons. The van der Waals surface area contributed by atoms with E-state index in [1.54, 1.807) is 30.3 Å². The van der Waals surface area contributed by atoms with Crippen molar-refractivity contribution in [1.82, 2.24) is 0 Å². The summed E-state index contributed by atoms with van der Waals surface area (Å²) in [6.45, 7) is 0. The van der Waals surface area contributed by atoms with Crippen LogP contribution in [0.2, 0.25) is 0 Å². The lowest BCUT2D eigenvalue weighted by atomic mass is 10.0. The Morgan fingerprint density at radius 3 is 2.25 bits per heavy atom. The average Bonchev–Trinajstić information content (AvgIpc) is 2.46. The fraction of sp³-hybridized carbons (Fsp3) is 0. The molecule has 2 aromatic rings. The Balaban J connectivity index is 2.57. The normalized spacial score (nSPS) is 10.4. The van der Waals surface area contributed by atoms with Gasteiger partial charge < -0.3 is 0 Å². The quantitative estimate of drug-likeness (QED) is 0.401. The van der Waals surface area contributed by atoms with E-state index in [0.717, 1.165) is 18.2 Å². The second kappa shape index (κ2) is 5.62. The maximum absolute atomic E-state index is 12.2. The zero-order valence-corrected chi connectivity index (χ0v) is 10.9. The molecule has 0 spiro atoms. The van der Waals surface area contributed by atoms with E-state index in [4.69, 9.17) is 0 Å². The minimum atomic E-state index is -3.11. The van der Waals surface area contributed by atoms with Crippen molar-refractivity contribution in [3.05, 3.63) is 69.8 Å². The van der Waals surface area contributed by atoms with Gasteiger partial charge in [-0.2, -0.15) is 0 Å². The predicted molar refractivity (Wildman–Crippen MR) is 71.6 cm³/mol. The topological polar surface area (TPSA) is 94.3 Å². The third-order valence-electron chi connectivity index (χ3n) is 2.67. The van der Waals surface area contributed by atoms with Crippen LogP contribution in [0.3, 0.4) is 0 Å². The molecule has 0 heterocycles. The van der Waals surface area contributed by atoms with Gasteiger partial charge in [0.25, 0.3) is 5.69 Å². The maximum Gasteiger partial charge on any atom is 0.270 e. The molecule has 0 amide bonds. The number of hydrogen-bond acceptors (Lipinski definition) is 5. The summed E-state index contributed by atoms with van der Waals surface area (Å²) in [4.78, 5) is 21.8. The van der Waals surface area contributed by atoms with Gasteiger partial charge in [-0.15, -0.1) is 0 Å². The Bertz CT molecular complexity index is 745. The summed E-state index contributed by atoms with van der Waals surface area (Å²) >= 11 is 0.